The molecule has 1 unspecified atom stereocenters. The molecule has 1 heterocycles. The van der Waals surface area contributed by atoms with Gasteiger partial charge in [-0.2, -0.15) is 0 Å². The number of hydrogen-bond acceptors (Lipinski definition) is 4. The van der Waals surface area contributed by atoms with E-state index in [1.807, 2.05) is 0 Å². The van der Waals surface area contributed by atoms with Crippen molar-refractivity contribution in [2.24, 2.45) is 5.41 Å². The van der Waals surface area contributed by atoms with Gasteiger partial charge in [-0.15, -0.1) is 6.42 Å². The number of hydrogen-bond donors (Lipinski definition) is 1. The molecule has 1 aromatic rings. The average molecular weight is 325 g/mol. The zero-order chi connectivity index (χ0) is 17.9. The number of ether oxygens (including phenoxy) is 1. The molecule has 124 valence electrons. The monoisotopic (exact) mass is 325 g/mol. The molecule has 1 saturated heterocycles. The molecule has 0 spiro atoms. The van der Waals surface area contributed by atoms with Crippen LogP contribution in [0.3, 0.4) is 0 Å². The van der Waals surface area contributed by atoms with Gasteiger partial charge in [0.15, 0.2) is 5.78 Å². The molecule has 1 aliphatic rings. The molecule has 5 heteroatoms. The van der Waals surface area contributed by atoms with Crippen LogP contribution >= 0.6 is 0 Å². The lowest BCUT2D eigenvalue weighted by molar-refractivity contribution is -0.127. The summed E-state index contributed by atoms with van der Waals surface area (Å²) in [7, 11) is 1.53. The predicted molar refractivity (Wildman–Crippen MR) is 89.5 cm³/mol. The summed E-state index contributed by atoms with van der Waals surface area (Å²) < 4.78 is 5.14. The van der Waals surface area contributed by atoms with Crippen molar-refractivity contribution < 1.29 is 19.1 Å². The Morgan fingerprint density at radius 1 is 1.46 bits per heavy atom. The molecule has 0 aromatic heterocycles. The minimum absolute atomic E-state index is 0.0382. The van der Waals surface area contributed by atoms with Crippen LogP contribution in [0.1, 0.15) is 35.7 Å². The molecule has 0 radical (unpaired) electrons. The number of carbonyl (C=O) groups is 3. The molecule has 1 N–H and O–H groups in total. The first kappa shape index (κ1) is 17.5. The van der Waals surface area contributed by atoms with Crippen LogP contribution in [0.25, 0.3) is 0 Å². The van der Waals surface area contributed by atoms with Crippen molar-refractivity contribution in [3.05, 3.63) is 41.5 Å². The van der Waals surface area contributed by atoms with Crippen LogP contribution in [0.5, 0.6) is 5.75 Å². The van der Waals surface area contributed by atoms with E-state index < -0.39 is 11.3 Å². The molecule has 1 aromatic carbocycles. The summed E-state index contributed by atoms with van der Waals surface area (Å²) in [6, 6.07) is 5.23. The van der Waals surface area contributed by atoms with Crippen LogP contribution in [-0.4, -0.2) is 24.7 Å². The number of rotatable bonds is 6. The summed E-state index contributed by atoms with van der Waals surface area (Å²) >= 11 is 0. The Balaban J connectivity index is 2.21. The smallest absolute Gasteiger partial charge is 0.245 e. The van der Waals surface area contributed by atoms with E-state index in [4.69, 9.17) is 11.2 Å². The first-order chi connectivity index (χ1) is 11.3. The highest BCUT2D eigenvalue weighted by Gasteiger charge is 2.45. The van der Waals surface area contributed by atoms with Crippen LogP contribution in [0.15, 0.2) is 30.4 Å². The third-order valence-corrected chi connectivity index (χ3v) is 4.11. The molecule has 2 rings (SSSR count). The zero-order valence-electron chi connectivity index (χ0n) is 13.8. The number of terminal acetylenes is 1. The van der Waals surface area contributed by atoms with Crippen molar-refractivity contribution in [1.82, 2.24) is 5.32 Å². The Hall–Kier alpha value is -2.87. The fourth-order valence-electron chi connectivity index (χ4n) is 2.88. The third kappa shape index (κ3) is 3.38. The molecule has 0 bridgehead atoms. The number of imide groups is 1. The Bertz CT molecular complexity index is 772. The first-order valence-corrected chi connectivity index (χ1v) is 7.48. The summed E-state index contributed by atoms with van der Waals surface area (Å²) in [4.78, 5) is 35.3. The first-order valence-electron chi connectivity index (χ1n) is 7.48. The lowest BCUT2D eigenvalue weighted by Crippen LogP contribution is -2.30. The molecule has 1 aliphatic heterocycles. The van der Waals surface area contributed by atoms with E-state index in [1.165, 1.54) is 14.0 Å². The molecular formula is C19H19NO4. The van der Waals surface area contributed by atoms with Gasteiger partial charge in [-0.1, -0.05) is 24.1 Å². The second kappa shape index (κ2) is 6.71. The Labute approximate surface area is 141 Å². The van der Waals surface area contributed by atoms with Crippen molar-refractivity contribution in [3.63, 3.8) is 0 Å². The van der Waals surface area contributed by atoms with Crippen molar-refractivity contribution in [2.45, 2.75) is 26.2 Å². The van der Waals surface area contributed by atoms with Gasteiger partial charge in [-0.3, -0.25) is 19.7 Å². The molecule has 0 aliphatic carbocycles. The van der Waals surface area contributed by atoms with Crippen molar-refractivity contribution in [1.29, 1.82) is 0 Å². The maximum Gasteiger partial charge on any atom is 0.245 e. The lowest BCUT2D eigenvalue weighted by atomic mass is 9.79. The van der Waals surface area contributed by atoms with Crippen LogP contribution in [0.2, 0.25) is 0 Å². The molecule has 0 saturated carbocycles. The molecule has 24 heavy (non-hydrogen) atoms. The summed E-state index contributed by atoms with van der Waals surface area (Å²) in [6.45, 7) is 5.46. The van der Waals surface area contributed by atoms with Gasteiger partial charge in [0.05, 0.1) is 13.5 Å². The number of benzene rings is 1. The SMILES string of the molecule is C#CC1(CC(=C)Cc2ccc(OC)cc2C(C)=O)CC(=O)NC1=O. The molecular weight excluding hydrogens is 306 g/mol. The molecule has 5 nitrogen and oxygen atoms in total. The highest BCUT2D eigenvalue weighted by Crippen LogP contribution is 2.35. The van der Waals surface area contributed by atoms with E-state index in [9.17, 15) is 14.4 Å². The standard InChI is InChI=1S/C19H19NO4/c1-5-19(11-17(22)20-18(19)23)10-12(2)8-14-6-7-15(24-4)9-16(14)13(3)21/h1,6-7,9H,2,8,10-11H2,3-4H3,(H,20,22,23). The highest BCUT2D eigenvalue weighted by atomic mass is 16.5. The third-order valence-electron chi connectivity index (χ3n) is 4.11. The average Bonchev–Trinajstić information content (AvgIpc) is 2.81. The fourth-order valence-corrected chi connectivity index (χ4v) is 2.88. The second-order valence-corrected chi connectivity index (χ2v) is 5.96. The Morgan fingerprint density at radius 2 is 2.17 bits per heavy atom. The van der Waals surface area contributed by atoms with Gasteiger partial charge in [0.2, 0.25) is 11.8 Å². The van der Waals surface area contributed by atoms with Gasteiger partial charge in [-0.05, 0) is 37.5 Å². The van der Waals surface area contributed by atoms with Crippen molar-refractivity contribution in [2.75, 3.05) is 7.11 Å². The summed E-state index contributed by atoms with van der Waals surface area (Å²) in [6.07, 6.45) is 6.06. The van der Waals surface area contributed by atoms with Crippen LogP contribution < -0.4 is 10.1 Å². The number of allylic oxidation sites excluding steroid dienone is 1. The van der Waals surface area contributed by atoms with E-state index in [-0.39, 0.29) is 24.5 Å². The number of amides is 2. The van der Waals surface area contributed by atoms with Crippen LogP contribution in [0.4, 0.5) is 0 Å². The molecule has 1 atom stereocenters. The lowest BCUT2D eigenvalue weighted by Gasteiger charge is -2.20. The zero-order valence-corrected chi connectivity index (χ0v) is 13.8. The minimum Gasteiger partial charge on any atom is -0.497 e. The topological polar surface area (TPSA) is 72.5 Å². The molecule has 1 fully saturated rings. The van der Waals surface area contributed by atoms with Crippen molar-refractivity contribution >= 4 is 17.6 Å². The van der Waals surface area contributed by atoms with Gasteiger partial charge in [-0.25, -0.2) is 0 Å². The van der Waals surface area contributed by atoms with Gasteiger partial charge in [0.25, 0.3) is 0 Å². The predicted octanol–water partition coefficient (Wildman–Crippen LogP) is 2.05. The quantitative estimate of drug-likeness (QED) is 0.376. The van der Waals surface area contributed by atoms with E-state index in [0.29, 0.717) is 23.3 Å². The van der Waals surface area contributed by atoms with Crippen molar-refractivity contribution in [3.8, 4) is 18.1 Å². The molecule has 2 amide bonds. The number of ketones is 1. The van der Waals surface area contributed by atoms with E-state index in [1.54, 1.807) is 18.2 Å². The Kier molecular flexibility index (Phi) is 4.89. The maximum atomic E-state index is 12.0. The van der Waals surface area contributed by atoms with E-state index >= 15 is 0 Å². The van der Waals surface area contributed by atoms with Gasteiger partial charge >= 0.3 is 0 Å². The Morgan fingerprint density at radius 3 is 2.67 bits per heavy atom. The maximum absolute atomic E-state index is 12.0. The second-order valence-electron chi connectivity index (χ2n) is 5.96. The number of methoxy groups -OCH3 is 1. The van der Waals surface area contributed by atoms with Crippen LogP contribution in [-0.2, 0) is 16.0 Å². The summed E-state index contributed by atoms with van der Waals surface area (Å²) in [5, 5.41) is 2.24. The minimum atomic E-state index is -1.18. The van der Waals surface area contributed by atoms with E-state index in [0.717, 1.165) is 5.56 Å². The van der Waals surface area contributed by atoms with Gasteiger partial charge < -0.3 is 4.74 Å². The summed E-state index contributed by atoms with van der Waals surface area (Å²) in [5.41, 5.74) is 0.824. The number of Topliss-reactive ketones (excluding diaryl/α,β-unsaturated/α-hetero) is 1. The summed E-state index contributed by atoms with van der Waals surface area (Å²) in [5.74, 6) is 2.12. The fraction of sp³-hybridized carbons (Fsp3) is 0.316. The van der Waals surface area contributed by atoms with E-state index in [2.05, 4.69) is 17.8 Å². The highest BCUT2D eigenvalue weighted by molar-refractivity contribution is 6.07. The van der Waals surface area contributed by atoms with Gasteiger partial charge in [0, 0.05) is 5.56 Å². The normalized spacial score (nSPS) is 19.5. The van der Waals surface area contributed by atoms with Gasteiger partial charge in [0.1, 0.15) is 11.2 Å². The number of nitrogens with one attached hydrogen (secondary N) is 1. The van der Waals surface area contributed by atoms with Crippen LogP contribution in [0, 0.1) is 17.8 Å². The number of carbonyl (C=O) groups excluding carboxylic acids is 3. The largest absolute Gasteiger partial charge is 0.497 e.